The average molecular weight is 284 g/mol. The van der Waals surface area contributed by atoms with E-state index in [-0.39, 0.29) is 0 Å². The van der Waals surface area contributed by atoms with Crippen LogP contribution in [0.3, 0.4) is 0 Å². The first-order valence-corrected chi connectivity index (χ1v) is 6.90. The molecule has 1 rings (SSSR count). The van der Waals surface area contributed by atoms with Gasteiger partial charge in [0.15, 0.2) is 11.6 Å². The molecule has 1 aromatic rings. The number of hydrogen-bond acceptors (Lipinski definition) is 2. The van der Waals surface area contributed by atoms with Crippen LogP contribution in [0, 0.1) is 11.6 Å². The van der Waals surface area contributed by atoms with Crippen molar-refractivity contribution < 1.29 is 17.2 Å². The molecule has 0 spiro atoms. The maximum atomic E-state index is 13.0. The van der Waals surface area contributed by atoms with Crippen molar-refractivity contribution >= 4 is 21.6 Å². The summed E-state index contributed by atoms with van der Waals surface area (Å²) in [5.41, 5.74) is 0.361. The van der Waals surface area contributed by atoms with E-state index in [2.05, 4.69) is 0 Å². The zero-order valence-electron chi connectivity index (χ0n) is 9.32. The molecule has 0 N–H and O–H groups in total. The number of halogens is 3. The van der Waals surface area contributed by atoms with Gasteiger partial charge in [-0.2, -0.15) is 4.31 Å². The van der Waals surface area contributed by atoms with E-state index < -0.39 is 32.9 Å². The van der Waals surface area contributed by atoms with Gasteiger partial charge in [-0.3, -0.25) is 0 Å². The van der Waals surface area contributed by atoms with E-state index in [4.69, 9.17) is 11.6 Å². The minimum absolute atomic E-state index is 0.361. The van der Waals surface area contributed by atoms with Crippen LogP contribution >= 0.6 is 11.6 Å². The molecule has 3 nitrogen and oxygen atoms in total. The summed E-state index contributed by atoms with van der Waals surface area (Å²) in [6.45, 7) is 1.57. The molecule has 0 radical (unpaired) electrons. The smallest absolute Gasteiger partial charge is 0.211 e. The molecule has 17 heavy (non-hydrogen) atoms. The number of hydrogen-bond donors (Lipinski definition) is 0. The molecule has 7 heteroatoms. The lowest BCUT2D eigenvalue weighted by Gasteiger charge is -2.23. The highest BCUT2D eigenvalue weighted by Crippen LogP contribution is 2.23. The van der Waals surface area contributed by atoms with Crippen LogP contribution in [-0.4, -0.2) is 25.0 Å². The molecule has 1 unspecified atom stereocenters. The Morgan fingerprint density at radius 3 is 2.41 bits per heavy atom. The van der Waals surface area contributed by atoms with Crippen molar-refractivity contribution in [2.45, 2.75) is 13.0 Å². The van der Waals surface area contributed by atoms with E-state index in [9.17, 15) is 17.2 Å². The first-order valence-electron chi connectivity index (χ1n) is 4.76. The van der Waals surface area contributed by atoms with Crippen LogP contribution in [0.1, 0.15) is 18.5 Å². The predicted molar refractivity (Wildman–Crippen MR) is 62.2 cm³/mol. The Balaban J connectivity index is 3.04. The van der Waals surface area contributed by atoms with Gasteiger partial charge in [0.2, 0.25) is 10.0 Å². The topological polar surface area (TPSA) is 37.4 Å². The summed E-state index contributed by atoms with van der Waals surface area (Å²) in [5.74, 6) is -1.98. The second-order valence-electron chi connectivity index (χ2n) is 3.59. The van der Waals surface area contributed by atoms with E-state index in [1.165, 1.54) is 13.1 Å². The largest absolute Gasteiger partial charge is 0.228 e. The van der Waals surface area contributed by atoms with Gasteiger partial charge in [0.05, 0.1) is 0 Å². The van der Waals surface area contributed by atoms with Gasteiger partial charge in [-0.25, -0.2) is 17.2 Å². The van der Waals surface area contributed by atoms with Gasteiger partial charge in [-0.1, -0.05) is 6.07 Å². The summed E-state index contributed by atoms with van der Waals surface area (Å²) >= 11 is 5.31. The zero-order chi connectivity index (χ0) is 13.2. The number of alkyl halides is 1. The van der Waals surface area contributed by atoms with E-state index in [0.717, 1.165) is 16.4 Å². The van der Waals surface area contributed by atoms with Crippen molar-refractivity contribution in [3.05, 3.63) is 35.4 Å². The third-order valence-electron chi connectivity index (χ3n) is 2.55. The summed E-state index contributed by atoms with van der Waals surface area (Å²) in [6, 6.07) is 2.65. The lowest BCUT2D eigenvalue weighted by molar-refractivity contribution is 0.398. The number of nitrogens with zero attached hydrogens (tertiary/aromatic N) is 1. The SMILES string of the molecule is CC(c1ccc(F)c(F)c1)N(C)S(=O)(=O)CCl. The first-order chi connectivity index (χ1) is 7.79. The molecule has 0 heterocycles. The fourth-order valence-electron chi connectivity index (χ4n) is 1.30. The van der Waals surface area contributed by atoms with Crippen LogP contribution in [0.15, 0.2) is 18.2 Å². The monoisotopic (exact) mass is 283 g/mol. The van der Waals surface area contributed by atoms with Gasteiger partial charge < -0.3 is 0 Å². The molecule has 0 fully saturated rings. The molecular formula is C10H12ClF2NO2S. The summed E-state index contributed by atoms with van der Waals surface area (Å²) in [7, 11) is -2.25. The van der Waals surface area contributed by atoms with Gasteiger partial charge in [0.1, 0.15) is 5.21 Å². The molecule has 1 atom stereocenters. The Bertz CT molecular complexity index is 507. The molecule has 0 bridgehead atoms. The van der Waals surface area contributed by atoms with Crippen LogP contribution in [0.5, 0.6) is 0 Å². The molecule has 0 amide bonds. The summed E-state index contributed by atoms with van der Waals surface area (Å²) in [6.07, 6.45) is 0. The fourth-order valence-corrected chi connectivity index (χ4v) is 2.52. The molecule has 0 aliphatic carbocycles. The minimum Gasteiger partial charge on any atom is -0.211 e. The van der Waals surface area contributed by atoms with Crippen molar-refractivity contribution in [3.8, 4) is 0 Å². The Morgan fingerprint density at radius 1 is 1.35 bits per heavy atom. The normalized spacial score (nSPS) is 14.0. The summed E-state index contributed by atoms with van der Waals surface area (Å²) in [5, 5.41) is -0.558. The first kappa shape index (κ1) is 14.3. The molecule has 96 valence electrons. The fraction of sp³-hybridized carbons (Fsp3) is 0.400. The second-order valence-corrected chi connectivity index (χ2v) is 6.20. The predicted octanol–water partition coefficient (Wildman–Crippen LogP) is 2.48. The van der Waals surface area contributed by atoms with Crippen molar-refractivity contribution in [1.82, 2.24) is 4.31 Å². The van der Waals surface area contributed by atoms with Crippen molar-refractivity contribution in [3.63, 3.8) is 0 Å². The van der Waals surface area contributed by atoms with Gasteiger partial charge >= 0.3 is 0 Å². The van der Waals surface area contributed by atoms with Gasteiger partial charge in [-0.05, 0) is 24.6 Å². The molecule has 0 aliphatic rings. The molecule has 0 aliphatic heterocycles. The highest BCUT2D eigenvalue weighted by Gasteiger charge is 2.23. The molecule has 0 saturated heterocycles. The highest BCUT2D eigenvalue weighted by molar-refractivity contribution is 7.90. The Kier molecular flexibility index (Phi) is 4.46. The maximum Gasteiger partial charge on any atom is 0.228 e. The lowest BCUT2D eigenvalue weighted by Crippen LogP contribution is -2.30. The number of rotatable bonds is 4. The van der Waals surface area contributed by atoms with E-state index in [1.54, 1.807) is 6.92 Å². The number of sulfonamides is 1. The second kappa shape index (κ2) is 5.29. The third kappa shape index (κ3) is 3.14. The molecule has 0 saturated carbocycles. The summed E-state index contributed by atoms with van der Waals surface area (Å²) in [4.78, 5) is 0. The van der Waals surface area contributed by atoms with E-state index in [0.29, 0.717) is 5.56 Å². The van der Waals surface area contributed by atoms with Gasteiger partial charge in [0, 0.05) is 13.1 Å². The lowest BCUT2D eigenvalue weighted by atomic mass is 10.1. The van der Waals surface area contributed by atoms with E-state index >= 15 is 0 Å². The van der Waals surface area contributed by atoms with Crippen LogP contribution in [0.4, 0.5) is 8.78 Å². The van der Waals surface area contributed by atoms with E-state index in [1.807, 2.05) is 0 Å². The quantitative estimate of drug-likeness (QED) is 0.796. The Morgan fingerprint density at radius 2 is 1.94 bits per heavy atom. The van der Waals surface area contributed by atoms with Gasteiger partial charge in [-0.15, -0.1) is 11.6 Å². The number of benzene rings is 1. The van der Waals surface area contributed by atoms with Crippen LogP contribution in [0.2, 0.25) is 0 Å². The van der Waals surface area contributed by atoms with Crippen LogP contribution < -0.4 is 0 Å². The third-order valence-corrected chi connectivity index (χ3v) is 4.84. The summed E-state index contributed by atoms with van der Waals surface area (Å²) < 4.78 is 49.8. The van der Waals surface area contributed by atoms with Crippen LogP contribution in [0.25, 0.3) is 0 Å². The zero-order valence-corrected chi connectivity index (χ0v) is 10.9. The Labute approximate surface area is 104 Å². The van der Waals surface area contributed by atoms with Crippen molar-refractivity contribution in [1.29, 1.82) is 0 Å². The van der Waals surface area contributed by atoms with Gasteiger partial charge in [0.25, 0.3) is 0 Å². The van der Waals surface area contributed by atoms with Crippen LogP contribution in [-0.2, 0) is 10.0 Å². The standard InChI is InChI=1S/C10H12ClF2NO2S/c1-7(14(2)17(15,16)6-11)8-3-4-9(12)10(13)5-8/h3-5,7H,6H2,1-2H3. The maximum absolute atomic E-state index is 13.0. The minimum atomic E-state index is -3.59. The molecular weight excluding hydrogens is 272 g/mol. The molecule has 1 aromatic carbocycles. The average Bonchev–Trinajstić information content (AvgIpc) is 2.30. The Hall–Kier alpha value is -0.720. The highest BCUT2D eigenvalue weighted by atomic mass is 35.5. The molecule has 0 aromatic heterocycles. The van der Waals surface area contributed by atoms with Crippen molar-refractivity contribution in [2.24, 2.45) is 0 Å². The van der Waals surface area contributed by atoms with Crippen molar-refractivity contribution in [2.75, 3.05) is 12.3 Å².